The average molecular weight is 348 g/mol. The van der Waals surface area contributed by atoms with Crippen LogP contribution < -0.4 is 4.74 Å². The minimum absolute atomic E-state index is 0.797. The number of hydrogen-bond acceptors (Lipinski definition) is 2. The molecule has 0 aliphatic carbocycles. The van der Waals surface area contributed by atoms with Crippen molar-refractivity contribution in [2.45, 2.75) is 32.6 Å². The van der Waals surface area contributed by atoms with Crippen molar-refractivity contribution in [3.63, 3.8) is 0 Å². The summed E-state index contributed by atoms with van der Waals surface area (Å²) in [5.41, 5.74) is 4.96. The van der Waals surface area contributed by atoms with E-state index in [2.05, 4.69) is 71.0 Å². The molecule has 0 radical (unpaired) electrons. The molecule has 0 bridgehead atoms. The molecule has 1 aliphatic rings. The van der Waals surface area contributed by atoms with Crippen LogP contribution in [0, 0.1) is 6.92 Å². The Morgan fingerprint density at radius 3 is 2.50 bits per heavy atom. The third-order valence-corrected chi connectivity index (χ3v) is 5.36. The molecule has 3 heterocycles. The number of fused-ring (bicyclic) bond motifs is 1. The van der Waals surface area contributed by atoms with Gasteiger partial charge in [-0.05, 0) is 75.2 Å². The largest absolute Gasteiger partial charge is 0.494 e. The minimum Gasteiger partial charge on any atom is -0.494 e. The quantitative estimate of drug-likeness (QED) is 0.572. The predicted octanol–water partition coefficient (Wildman–Crippen LogP) is 5.17. The molecule has 136 valence electrons. The molecule has 0 amide bonds. The first-order valence-corrected chi connectivity index (χ1v) is 9.83. The fourth-order valence-corrected chi connectivity index (χ4v) is 3.84. The average Bonchev–Trinajstić information content (AvgIpc) is 3.12. The number of nitrogens with zero attached hydrogens (tertiary/aromatic N) is 2. The van der Waals surface area contributed by atoms with Crippen LogP contribution in [0.4, 0.5) is 0 Å². The first-order valence-electron chi connectivity index (χ1n) is 9.83. The van der Waals surface area contributed by atoms with Crippen molar-refractivity contribution in [3.05, 3.63) is 60.4 Å². The summed E-state index contributed by atoms with van der Waals surface area (Å²) in [7, 11) is 0. The van der Waals surface area contributed by atoms with Crippen LogP contribution in [0.1, 0.15) is 31.4 Å². The smallest absolute Gasteiger partial charge is 0.119 e. The van der Waals surface area contributed by atoms with Gasteiger partial charge in [0.2, 0.25) is 0 Å². The van der Waals surface area contributed by atoms with E-state index in [1.54, 1.807) is 0 Å². The van der Waals surface area contributed by atoms with E-state index < -0.39 is 0 Å². The van der Waals surface area contributed by atoms with E-state index in [4.69, 9.17) is 4.74 Å². The van der Waals surface area contributed by atoms with Gasteiger partial charge < -0.3 is 14.0 Å². The number of likely N-dealkylation sites (tertiary alicyclic amines) is 1. The Kier molecular flexibility index (Phi) is 5.26. The number of benzene rings is 1. The van der Waals surface area contributed by atoms with E-state index >= 15 is 0 Å². The molecule has 2 aromatic heterocycles. The molecule has 0 saturated carbocycles. The SMILES string of the molecule is Cc1cccc2cc(-c3ccc(OCCCN4CCCCC4)cc3)cn12. The fraction of sp³-hybridized carbons (Fsp3) is 0.391. The van der Waals surface area contributed by atoms with Crippen LogP contribution in [0.3, 0.4) is 0 Å². The summed E-state index contributed by atoms with van der Waals surface area (Å²) in [4.78, 5) is 2.57. The Morgan fingerprint density at radius 2 is 1.73 bits per heavy atom. The lowest BCUT2D eigenvalue weighted by molar-refractivity contribution is 0.205. The standard InChI is InChI=1S/C23H28N2O/c1-19-7-5-8-22-17-21(18-25(19)22)20-9-11-23(12-10-20)26-16-6-15-24-13-3-2-4-14-24/h5,7-12,17-18H,2-4,6,13-16H2,1H3. The van der Waals surface area contributed by atoms with Crippen LogP contribution in [-0.4, -0.2) is 35.5 Å². The molecular formula is C23H28N2O. The topological polar surface area (TPSA) is 16.9 Å². The number of aromatic nitrogens is 1. The minimum atomic E-state index is 0.797. The summed E-state index contributed by atoms with van der Waals surface area (Å²) in [5, 5.41) is 0. The maximum atomic E-state index is 5.93. The van der Waals surface area contributed by atoms with Gasteiger partial charge in [-0.1, -0.05) is 24.6 Å². The molecular weight excluding hydrogens is 320 g/mol. The second-order valence-electron chi connectivity index (χ2n) is 7.32. The van der Waals surface area contributed by atoms with E-state index in [0.29, 0.717) is 0 Å². The Morgan fingerprint density at radius 1 is 0.923 bits per heavy atom. The first kappa shape index (κ1) is 17.2. The highest BCUT2D eigenvalue weighted by Gasteiger charge is 2.09. The number of rotatable bonds is 6. The summed E-state index contributed by atoms with van der Waals surface area (Å²) >= 11 is 0. The van der Waals surface area contributed by atoms with Gasteiger partial charge in [0.1, 0.15) is 5.75 Å². The van der Waals surface area contributed by atoms with E-state index in [1.165, 1.54) is 54.7 Å². The zero-order valence-corrected chi connectivity index (χ0v) is 15.7. The van der Waals surface area contributed by atoms with Crippen LogP contribution in [0.5, 0.6) is 5.75 Å². The predicted molar refractivity (Wildman–Crippen MR) is 108 cm³/mol. The fourth-order valence-electron chi connectivity index (χ4n) is 3.84. The maximum absolute atomic E-state index is 5.93. The van der Waals surface area contributed by atoms with Crippen molar-refractivity contribution in [3.8, 4) is 16.9 Å². The van der Waals surface area contributed by atoms with Crippen molar-refractivity contribution in [2.24, 2.45) is 0 Å². The number of pyridine rings is 1. The molecule has 0 atom stereocenters. The summed E-state index contributed by atoms with van der Waals surface area (Å²) in [6.45, 7) is 6.62. The summed E-state index contributed by atoms with van der Waals surface area (Å²) in [6, 6.07) is 17.1. The van der Waals surface area contributed by atoms with Gasteiger partial charge in [0, 0.05) is 29.5 Å². The molecule has 1 aliphatic heterocycles. The van der Waals surface area contributed by atoms with E-state index in [1.807, 2.05) is 0 Å². The Balaban J connectivity index is 1.33. The molecule has 3 nitrogen and oxygen atoms in total. The highest BCUT2D eigenvalue weighted by molar-refractivity contribution is 5.71. The molecule has 26 heavy (non-hydrogen) atoms. The molecule has 1 fully saturated rings. The zero-order valence-electron chi connectivity index (χ0n) is 15.7. The lowest BCUT2D eigenvalue weighted by Crippen LogP contribution is -2.31. The highest BCUT2D eigenvalue weighted by atomic mass is 16.5. The molecule has 3 heteroatoms. The van der Waals surface area contributed by atoms with Crippen LogP contribution in [0.15, 0.2) is 54.7 Å². The van der Waals surface area contributed by atoms with Gasteiger partial charge in [0.15, 0.2) is 0 Å². The molecule has 1 saturated heterocycles. The van der Waals surface area contributed by atoms with Crippen molar-refractivity contribution < 1.29 is 4.74 Å². The summed E-state index contributed by atoms with van der Waals surface area (Å²) in [5.74, 6) is 0.965. The van der Waals surface area contributed by atoms with Gasteiger partial charge in [0.25, 0.3) is 0 Å². The zero-order chi connectivity index (χ0) is 17.8. The van der Waals surface area contributed by atoms with E-state index in [9.17, 15) is 0 Å². The van der Waals surface area contributed by atoms with Gasteiger partial charge in [-0.25, -0.2) is 0 Å². The van der Waals surface area contributed by atoms with Gasteiger partial charge in [-0.15, -0.1) is 0 Å². The Labute approximate surface area is 156 Å². The highest BCUT2D eigenvalue weighted by Crippen LogP contribution is 2.25. The number of piperidine rings is 1. The second-order valence-corrected chi connectivity index (χ2v) is 7.32. The Bertz CT molecular complexity index is 844. The molecule has 0 spiro atoms. The van der Waals surface area contributed by atoms with Crippen molar-refractivity contribution in [2.75, 3.05) is 26.2 Å². The monoisotopic (exact) mass is 348 g/mol. The van der Waals surface area contributed by atoms with Gasteiger partial charge >= 0.3 is 0 Å². The molecule has 4 rings (SSSR count). The third-order valence-electron chi connectivity index (χ3n) is 5.36. The van der Waals surface area contributed by atoms with Gasteiger partial charge in [-0.3, -0.25) is 0 Å². The normalized spacial score (nSPS) is 15.4. The Hall–Kier alpha value is -2.26. The third kappa shape index (κ3) is 3.94. The van der Waals surface area contributed by atoms with Gasteiger partial charge in [-0.2, -0.15) is 0 Å². The number of ether oxygens (including phenoxy) is 1. The van der Waals surface area contributed by atoms with E-state index in [-0.39, 0.29) is 0 Å². The van der Waals surface area contributed by atoms with Crippen molar-refractivity contribution >= 4 is 5.52 Å². The summed E-state index contributed by atoms with van der Waals surface area (Å²) in [6.07, 6.45) is 7.43. The van der Waals surface area contributed by atoms with E-state index in [0.717, 1.165) is 25.3 Å². The maximum Gasteiger partial charge on any atom is 0.119 e. The van der Waals surface area contributed by atoms with Crippen LogP contribution in [0.25, 0.3) is 16.6 Å². The molecule has 0 N–H and O–H groups in total. The van der Waals surface area contributed by atoms with Crippen LogP contribution in [0.2, 0.25) is 0 Å². The van der Waals surface area contributed by atoms with Crippen molar-refractivity contribution in [1.29, 1.82) is 0 Å². The lowest BCUT2D eigenvalue weighted by Gasteiger charge is -2.26. The lowest BCUT2D eigenvalue weighted by atomic mass is 10.1. The van der Waals surface area contributed by atoms with Crippen molar-refractivity contribution in [1.82, 2.24) is 9.30 Å². The van der Waals surface area contributed by atoms with Gasteiger partial charge in [0.05, 0.1) is 6.61 Å². The molecule has 3 aromatic rings. The molecule has 1 aromatic carbocycles. The van der Waals surface area contributed by atoms with Crippen LogP contribution >= 0.6 is 0 Å². The number of aryl methyl sites for hydroxylation is 1. The first-order chi connectivity index (χ1) is 12.8. The number of hydrogen-bond donors (Lipinski definition) is 0. The second kappa shape index (κ2) is 7.96. The van der Waals surface area contributed by atoms with Crippen LogP contribution in [-0.2, 0) is 0 Å². The summed E-state index contributed by atoms with van der Waals surface area (Å²) < 4.78 is 8.17. The molecule has 0 unspecified atom stereocenters.